The Labute approximate surface area is 93.6 Å². The normalized spacial score (nSPS) is 14.7. The first kappa shape index (κ1) is 14.4. The number of methoxy groups -OCH3 is 1. The van der Waals surface area contributed by atoms with Crippen molar-refractivity contribution in [2.24, 2.45) is 0 Å². The van der Waals surface area contributed by atoms with Gasteiger partial charge in [0.1, 0.15) is 6.04 Å². The highest BCUT2D eigenvalue weighted by molar-refractivity contribution is 5.75. The summed E-state index contributed by atoms with van der Waals surface area (Å²) in [6, 6.07) is 0.257. The van der Waals surface area contributed by atoms with Crippen LogP contribution in [0.15, 0.2) is 0 Å². The van der Waals surface area contributed by atoms with Gasteiger partial charge in [-0.2, -0.15) is 0 Å². The minimum absolute atomic E-state index is 0.174. The Kier molecular flexibility index (Phi) is 8.38. The van der Waals surface area contributed by atoms with E-state index in [0.29, 0.717) is 6.04 Å². The molecule has 0 saturated heterocycles. The van der Waals surface area contributed by atoms with Crippen molar-refractivity contribution in [3.8, 4) is 0 Å². The molecule has 0 bridgehead atoms. The second-order valence-corrected chi connectivity index (χ2v) is 4.04. The van der Waals surface area contributed by atoms with Crippen molar-refractivity contribution in [3.05, 3.63) is 0 Å². The maximum absolute atomic E-state index is 11.2. The van der Waals surface area contributed by atoms with Gasteiger partial charge in [0.15, 0.2) is 0 Å². The molecule has 2 atom stereocenters. The first-order valence-electron chi connectivity index (χ1n) is 5.99. The van der Waals surface area contributed by atoms with Gasteiger partial charge < -0.3 is 10.1 Å². The summed E-state index contributed by atoms with van der Waals surface area (Å²) < 4.78 is 4.69. The van der Waals surface area contributed by atoms with E-state index in [1.807, 2.05) is 6.92 Å². The topological polar surface area (TPSA) is 38.3 Å². The molecule has 0 aromatic heterocycles. The monoisotopic (exact) mass is 215 g/mol. The van der Waals surface area contributed by atoms with Crippen LogP contribution in [0.25, 0.3) is 0 Å². The molecular weight excluding hydrogens is 190 g/mol. The van der Waals surface area contributed by atoms with Crippen LogP contribution >= 0.6 is 0 Å². The molecule has 2 unspecified atom stereocenters. The summed E-state index contributed by atoms with van der Waals surface area (Å²) in [6.07, 6.45) is 5.84. The number of rotatable bonds is 8. The van der Waals surface area contributed by atoms with Gasteiger partial charge in [0.05, 0.1) is 7.11 Å². The average molecular weight is 215 g/mol. The molecule has 1 N–H and O–H groups in total. The van der Waals surface area contributed by atoms with E-state index in [0.717, 1.165) is 19.3 Å². The van der Waals surface area contributed by atoms with Crippen molar-refractivity contribution < 1.29 is 9.53 Å². The van der Waals surface area contributed by atoms with Crippen LogP contribution in [0.1, 0.15) is 52.9 Å². The Hall–Kier alpha value is -0.570. The Balaban J connectivity index is 3.96. The fourth-order valence-electron chi connectivity index (χ4n) is 1.71. The summed E-state index contributed by atoms with van der Waals surface area (Å²) in [4.78, 5) is 11.2. The van der Waals surface area contributed by atoms with E-state index in [1.54, 1.807) is 0 Å². The molecule has 15 heavy (non-hydrogen) atoms. The third kappa shape index (κ3) is 6.50. The fourth-order valence-corrected chi connectivity index (χ4v) is 1.71. The van der Waals surface area contributed by atoms with Gasteiger partial charge in [-0.15, -0.1) is 0 Å². The molecule has 0 aliphatic heterocycles. The highest BCUT2D eigenvalue weighted by Crippen LogP contribution is 2.08. The van der Waals surface area contributed by atoms with E-state index < -0.39 is 0 Å². The van der Waals surface area contributed by atoms with Crippen LogP contribution in [0.2, 0.25) is 0 Å². The number of hydrogen-bond acceptors (Lipinski definition) is 3. The van der Waals surface area contributed by atoms with Gasteiger partial charge in [0.2, 0.25) is 0 Å². The summed E-state index contributed by atoms with van der Waals surface area (Å²) in [5, 5.41) is 3.33. The molecule has 0 fully saturated rings. The van der Waals surface area contributed by atoms with E-state index in [4.69, 9.17) is 4.74 Å². The second kappa shape index (κ2) is 8.72. The Morgan fingerprint density at radius 3 is 2.40 bits per heavy atom. The zero-order valence-corrected chi connectivity index (χ0v) is 10.5. The van der Waals surface area contributed by atoms with Crippen molar-refractivity contribution >= 4 is 5.97 Å². The third-order valence-electron chi connectivity index (χ3n) is 2.58. The zero-order chi connectivity index (χ0) is 11.7. The van der Waals surface area contributed by atoms with Gasteiger partial charge in [-0.1, -0.05) is 33.1 Å². The fraction of sp³-hybridized carbons (Fsp3) is 0.917. The summed E-state index contributed by atoms with van der Waals surface area (Å²) in [6.45, 7) is 6.22. The third-order valence-corrected chi connectivity index (χ3v) is 2.58. The van der Waals surface area contributed by atoms with Crippen LogP contribution in [0, 0.1) is 0 Å². The number of esters is 1. The number of carbonyl (C=O) groups excluding carboxylic acids is 1. The van der Waals surface area contributed by atoms with Crippen molar-refractivity contribution in [1.29, 1.82) is 0 Å². The van der Waals surface area contributed by atoms with Crippen LogP contribution in [0.5, 0.6) is 0 Å². The number of unbranched alkanes of at least 4 members (excludes halogenated alkanes) is 1. The predicted octanol–water partition coefficient (Wildman–Crippen LogP) is 2.50. The van der Waals surface area contributed by atoms with Crippen LogP contribution in [0.3, 0.4) is 0 Å². The lowest BCUT2D eigenvalue weighted by Gasteiger charge is -2.21. The summed E-state index contributed by atoms with van der Waals surface area (Å²) in [5.41, 5.74) is 0. The molecule has 0 heterocycles. The van der Waals surface area contributed by atoms with E-state index in [-0.39, 0.29) is 12.0 Å². The number of hydrogen-bond donors (Lipinski definition) is 1. The van der Waals surface area contributed by atoms with Gasteiger partial charge in [-0.05, 0) is 19.8 Å². The van der Waals surface area contributed by atoms with Gasteiger partial charge in [0.25, 0.3) is 0 Å². The molecule has 90 valence electrons. The van der Waals surface area contributed by atoms with Crippen LogP contribution < -0.4 is 5.32 Å². The van der Waals surface area contributed by atoms with Crippen molar-refractivity contribution in [1.82, 2.24) is 5.32 Å². The molecular formula is C12H25NO2. The molecule has 0 spiro atoms. The quantitative estimate of drug-likeness (QED) is 0.632. The lowest BCUT2D eigenvalue weighted by molar-refractivity contribution is -0.142. The molecule has 0 aromatic carbocycles. The maximum atomic E-state index is 11.2. The SMILES string of the molecule is CCCCC(CCC)NC(C)C(=O)OC. The van der Waals surface area contributed by atoms with Crippen molar-refractivity contribution in [2.75, 3.05) is 7.11 Å². The smallest absolute Gasteiger partial charge is 0.322 e. The number of nitrogens with one attached hydrogen (secondary N) is 1. The van der Waals surface area contributed by atoms with E-state index in [9.17, 15) is 4.79 Å². The molecule has 0 saturated carbocycles. The van der Waals surface area contributed by atoms with Gasteiger partial charge in [0, 0.05) is 6.04 Å². The lowest BCUT2D eigenvalue weighted by Crippen LogP contribution is -2.41. The summed E-state index contributed by atoms with van der Waals surface area (Å²) in [7, 11) is 1.43. The molecule has 0 radical (unpaired) electrons. The van der Waals surface area contributed by atoms with E-state index in [1.165, 1.54) is 20.0 Å². The Morgan fingerprint density at radius 2 is 1.93 bits per heavy atom. The minimum Gasteiger partial charge on any atom is -0.468 e. The van der Waals surface area contributed by atoms with Crippen LogP contribution in [0.4, 0.5) is 0 Å². The van der Waals surface area contributed by atoms with E-state index >= 15 is 0 Å². The highest BCUT2D eigenvalue weighted by atomic mass is 16.5. The first-order chi connectivity index (χ1) is 7.15. The maximum Gasteiger partial charge on any atom is 0.322 e. The standard InChI is InChI=1S/C12H25NO2/c1-5-7-9-11(8-6-2)13-10(3)12(14)15-4/h10-11,13H,5-9H2,1-4H3. The zero-order valence-electron chi connectivity index (χ0n) is 10.5. The summed E-state index contributed by atoms with van der Waals surface area (Å²) in [5.74, 6) is -0.174. The largest absolute Gasteiger partial charge is 0.468 e. The lowest BCUT2D eigenvalue weighted by atomic mass is 10.0. The van der Waals surface area contributed by atoms with Crippen LogP contribution in [-0.4, -0.2) is 25.2 Å². The van der Waals surface area contributed by atoms with Gasteiger partial charge in [-0.25, -0.2) is 0 Å². The van der Waals surface area contributed by atoms with Crippen molar-refractivity contribution in [3.63, 3.8) is 0 Å². The summed E-state index contributed by atoms with van der Waals surface area (Å²) >= 11 is 0. The molecule has 0 aliphatic carbocycles. The second-order valence-electron chi connectivity index (χ2n) is 4.04. The molecule has 0 aliphatic rings. The van der Waals surface area contributed by atoms with E-state index in [2.05, 4.69) is 19.2 Å². The molecule has 0 aromatic rings. The van der Waals surface area contributed by atoms with Gasteiger partial charge in [-0.3, -0.25) is 4.79 Å². The average Bonchev–Trinajstić information content (AvgIpc) is 2.24. The number of carbonyl (C=O) groups is 1. The number of ether oxygens (including phenoxy) is 1. The van der Waals surface area contributed by atoms with Gasteiger partial charge >= 0.3 is 5.97 Å². The minimum atomic E-state index is -0.191. The molecule has 3 heteroatoms. The molecule has 0 amide bonds. The highest BCUT2D eigenvalue weighted by Gasteiger charge is 2.17. The molecule has 3 nitrogen and oxygen atoms in total. The Morgan fingerprint density at radius 1 is 1.27 bits per heavy atom. The van der Waals surface area contributed by atoms with Crippen molar-refractivity contribution in [2.45, 2.75) is 65.0 Å². The Bertz CT molecular complexity index is 171. The van der Waals surface area contributed by atoms with Crippen LogP contribution in [-0.2, 0) is 9.53 Å². The molecule has 0 rings (SSSR count). The first-order valence-corrected chi connectivity index (χ1v) is 5.99. The predicted molar refractivity (Wildman–Crippen MR) is 62.8 cm³/mol.